The van der Waals surface area contributed by atoms with Gasteiger partial charge in [-0.1, -0.05) is 6.07 Å². The van der Waals surface area contributed by atoms with Gasteiger partial charge in [0.1, 0.15) is 0 Å². The average Bonchev–Trinajstić information content (AvgIpc) is 2.64. The lowest BCUT2D eigenvalue weighted by Gasteiger charge is -2.34. The van der Waals surface area contributed by atoms with Crippen molar-refractivity contribution in [2.75, 3.05) is 59.0 Å². The van der Waals surface area contributed by atoms with Crippen LogP contribution in [0.4, 0.5) is 0 Å². The zero-order valence-electron chi connectivity index (χ0n) is 14.4. The summed E-state index contributed by atoms with van der Waals surface area (Å²) in [6, 6.07) is 6.02. The predicted molar refractivity (Wildman–Crippen MR) is 92.6 cm³/mol. The van der Waals surface area contributed by atoms with Crippen molar-refractivity contribution < 1.29 is 9.53 Å². The summed E-state index contributed by atoms with van der Waals surface area (Å²) in [5.41, 5.74) is 1.10. The fraction of sp³-hybridized carbons (Fsp3) is 0.667. The SMILES string of the molecule is O=C(CCCN1CCOCC1)N1CCN(Cc2ccccn2)CC1. The zero-order valence-corrected chi connectivity index (χ0v) is 14.4. The molecule has 0 radical (unpaired) electrons. The highest BCUT2D eigenvalue weighted by Crippen LogP contribution is 2.09. The lowest BCUT2D eigenvalue weighted by molar-refractivity contribution is -0.133. The van der Waals surface area contributed by atoms with Gasteiger partial charge < -0.3 is 9.64 Å². The van der Waals surface area contributed by atoms with Gasteiger partial charge in [0.15, 0.2) is 0 Å². The maximum absolute atomic E-state index is 12.4. The molecule has 0 unspecified atom stereocenters. The summed E-state index contributed by atoms with van der Waals surface area (Å²) >= 11 is 0. The summed E-state index contributed by atoms with van der Waals surface area (Å²) in [5, 5.41) is 0. The summed E-state index contributed by atoms with van der Waals surface area (Å²) < 4.78 is 5.35. The molecule has 2 aliphatic heterocycles. The molecule has 132 valence electrons. The van der Waals surface area contributed by atoms with Gasteiger partial charge in [-0.25, -0.2) is 0 Å². The van der Waals surface area contributed by atoms with Crippen molar-refractivity contribution in [3.63, 3.8) is 0 Å². The molecule has 0 N–H and O–H groups in total. The van der Waals surface area contributed by atoms with E-state index in [1.807, 2.05) is 23.2 Å². The van der Waals surface area contributed by atoms with E-state index in [1.54, 1.807) is 0 Å². The van der Waals surface area contributed by atoms with Crippen molar-refractivity contribution in [2.45, 2.75) is 19.4 Å². The Hall–Kier alpha value is -1.50. The molecule has 0 bridgehead atoms. The van der Waals surface area contributed by atoms with E-state index in [2.05, 4.69) is 20.9 Å². The van der Waals surface area contributed by atoms with Crippen LogP contribution in [0.25, 0.3) is 0 Å². The monoisotopic (exact) mass is 332 g/mol. The Balaban J connectivity index is 1.32. The molecule has 1 amide bonds. The molecule has 6 heteroatoms. The van der Waals surface area contributed by atoms with Gasteiger partial charge in [0.05, 0.1) is 18.9 Å². The van der Waals surface area contributed by atoms with Crippen molar-refractivity contribution in [1.29, 1.82) is 0 Å². The van der Waals surface area contributed by atoms with E-state index in [0.29, 0.717) is 12.3 Å². The topological polar surface area (TPSA) is 48.9 Å². The fourth-order valence-corrected chi connectivity index (χ4v) is 3.31. The standard InChI is InChI=1S/C18H28N4O2/c23-18(5-3-7-20-12-14-24-15-13-20)22-10-8-21(9-11-22)16-17-4-1-2-6-19-17/h1-2,4,6H,3,5,7-16H2. The lowest BCUT2D eigenvalue weighted by Crippen LogP contribution is -2.48. The van der Waals surface area contributed by atoms with Gasteiger partial charge >= 0.3 is 0 Å². The quantitative estimate of drug-likeness (QED) is 0.773. The second kappa shape index (κ2) is 9.11. The first kappa shape index (κ1) is 17.3. The van der Waals surface area contributed by atoms with E-state index in [4.69, 9.17) is 4.74 Å². The highest BCUT2D eigenvalue weighted by molar-refractivity contribution is 5.76. The van der Waals surface area contributed by atoms with Crippen molar-refractivity contribution in [3.8, 4) is 0 Å². The van der Waals surface area contributed by atoms with Gasteiger partial charge in [-0.2, -0.15) is 0 Å². The molecule has 0 saturated carbocycles. The average molecular weight is 332 g/mol. The van der Waals surface area contributed by atoms with Crippen molar-refractivity contribution in [1.82, 2.24) is 19.7 Å². The molecular weight excluding hydrogens is 304 g/mol. The second-order valence-corrected chi connectivity index (χ2v) is 6.54. The molecular formula is C18H28N4O2. The number of piperazine rings is 1. The zero-order chi connectivity index (χ0) is 16.6. The Morgan fingerprint density at radius 3 is 2.54 bits per heavy atom. The molecule has 3 heterocycles. The third-order valence-electron chi connectivity index (χ3n) is 4.81. The molecule has 2 fully saturated rings. The molecule has 0 aliphatic carbocycles. The van der Waals surface area contributed by atoms with Gasteiger partial charge in [-0.05, 0) is 25.1 Å². The number of nitrogens with zero attached hydrogens (tertiary/aromatic N) is 4. The Kier molecular flexibility index (Phi) is 6.57. The smallest absolute Gasteiger partial charge is 0.222 e. The number of carbonyl (C=O) groups excluding carboxylic acids is 1. The summed E-state index contributed by atoms with van der Waals surface area (Å²) in [6.07, 6.45) is 3.45. The first-order chi connectivity index (χ1) is 11.8. The fourth-order valence-electron chi connectivity index (χ4n) is 3.31. The van der Waals surface area contributed by atoms with Crippen molar-refractivity contribution in [3.05, 3.63) is 30.1 Å². The Labute approximate surface area is 144 Å². The van der Waals surface area contributed by atoms with Crippen molar-refractivity contribution in [2.24, 2.45) is 0 Å². The maximum Gasteiger partial charge on any atom is 0.222 e. The Morgan fingerprint density at radius 1 is 1.04 bits per heavy atom. The minimum absolute atomic E-state index is 0.306. The molecule has 6 nitrogen and oxygen atoms in total. The second-order valence-electron chi connectivity index (χ2n) is 6.54. The van der Waals surface area contributed by atoms with Crippen molar-refractivity contribution >= 4 is 5.91 Å². The van der Waals surface area contributed by atoms with E-state index in [1.165, 1.54) is 0 Å². The van der Waals surface area contributed by atoms with Crippen LogP contribution in [-0.4, -0.2) is 84.6 Å². The minimum Gasteiger partial charge on any atom is -0.379 e. The number of rotatable bonds is 6. The van der Waals surface area contributed by atoms with Gasteiger partial charge in [-0.3, -0.25) is 19.6 Å². The number of pyridine rings is 1. The summed E-state index contributed by atoms with van der Waals surface area (Å²) in [4.78, 5) is 23.5. The van der Waals surface area contributed by atoms with E-state index in [0.717, 1.165) is 77.7 Å². The molecule has 2 aliphatic rings. The first-order valence-electron chi connectivity index (χ1n) is 9.01. The van der Waals surface area contributed by atoms with E-state index >= 15 is 0 Å². The van der Waals surface area contributed by atoms with Crippen LogP contribution >= 0.6 is 0 Å². The molecule has 3 rings (SSSR count). The number of ether oxygens (including phenoxy) is 1. The van der Waals surface area contributed by atoms with Crippen LogP contribution in [-0.2, 0) is 16.1 Å². The van der Waals surface area contributed by atoms with Gasteiger partial charge in [0, 0.05) is 58.4 Å². The number of hydrogen-bond donors (Lipinski definition) is 0. The minimum atomic E-state index is 0.306. The van der Waals surface area contributed by atoms with Crippen LogP contribution in [0.1, 0.15) is 18.5 Å². The van der Waals surface area contributed by atoms with E-state index < -0.39 is 0 Å². The van der Waals surface area contributed by atoms with Gasteiger partial charge in [0.25, 0.3) is 0 Å². The van der Waals surface area contributed by atoms with Crippen LogP contribution in [0, 0.1) is 0 Å². The molecule has 2 saturated heterocycles. The van der Waals surface area contributed by atoms with Crippen LogP contribution in [0.2, 0.25) is 0 Å². The van der Waals surface area contributed by atoms with Crippen LogP contribution in [0.5, 0.6) is 0 Å². The largest absolute Gasteiger partial charge is 0.379 e. The number of carbonyl (C=O) groups is 1. The first-order valence-corrected chi connectivity index (χ1v) is 9.01. The summed E-state index contributed by atoms with van der Waals surface area (Å²) in [5.74, 6) is 0.306. The van der Waals surface area contributed by atoms with Crippen LogP contribution in [0.3, 0.4) is 0 Å². The number of amides is 1. The predicted octanol–water partition coefficient (Wildman–Crippen LogP) is 0.838. The van der Waals surface area contributed by atoms with Crippen LogP contribution in [0.15, 0.2) is 24.4 Å². The molecule has 0 spiro atoms. The molecule has 1 aromatic rings. The van der Waals surface area contributed by atoms with E-state index in [9.17, 15) is 4.79 Å². The number of morpholine rings is 1. The third kappa shape index (κ3) is 5.26. The molecule has 24 heavy (non-hydrogen) atoms. The normalized spacial score (nSPS) is 20.2. The van der Waals surface area contributed by atoms with Gasteiger partial charge in [0.2, 0.25) is 5.91 Å². The van der Waals surface area contributed by atoms with E-state index in [-0.39, 0.29) is 0 Å². The van der Waals surface area contributed by atoms with Crippen LogP contribution < -0.4 is 0 Å². The molecule has 1 aromatic heterocycles. The number of hydrogen-bond acceptors (Lipinski definition) is 5. The molecule has 0 atom stereocenters. The van der Waals surface area contributed by atoms with Gasteiger partial charge in [-0.15, -0.1) is 0 Å². The maximum atomic E-state index is 12.4. The number of aromatic nitrogens is 1. The highest BCUT2D eigenvalue weighted by Gasteiger charge is 2.21. The Morgan fingerprint density at radius 2 is 1.83 bits per heavy atom. The Bertz CT molecular complexity index is 497. The summed E-state index contributed by atoms with van der Waals surface area (Å²) in [6.45, 7) is 9.08. The lowest BCUT2D eigenvalue weighted by atomic mass is 10.2. The third-order valence-corrected chi connectivity index (χ3v) is 4.81. The summed E-state index contributed by atoms with van der Waals surface area (Å²) in [7, 11) is 0. The molecule has 0 aromatic carbocycles. The highest BCUT2D eigenvalue weighted by atomic mass is 16.5.